The molecule has 2 aromatic carbocycles. The first-order valence-corrected chi connectivity index (χ1v) is 13.5. The monoisotopic (exact) mass is 513 g/mol. The Morgan fingerprint density at radius 2 is 1.84 bits per heavy atom. The average molecular weight is 514 g/mol. The predicted octanol–water partition coefficient (Wildman–Crippen LogP) is 3.40. The molecule has 1 aromatic heterocycles. The van der Waals surface area contributed by atoms with Crippen molar-refractivity contribution in [2.24, 2.45) is 16.8 Å². The summed E-state index contributed by atoms with van der Waals surface area (Å²) in [6.45, 7) is 3.14. The molecule has 3 aliphatic heterocycles. The molecule has 8 nitrogen and oxygen atoms in total. The summed E-state index contributed by atoms with van der Waals surface area (Å²) in [7, 11) is 0. The largest absolute Gasteiger partial charge is 0.377 e. The first kappa shape index (κ1) is 22.4. The molecule has 0 bridgehead atoms. The second-order valence-electron chi connectivity index (χ2n) is 11.5. The quantitative estimate of drug-likeness (QED) is 0.506. The highest BCUT2D eigenvalue weighted by molar-refractivity contribution is 6.16. The van der Waals surface area contributed by atoms with E-state index in [0.29, 0.717) is 57.1 Å². The number of aliphatic imine (C=N–C) groups is 1. The zero-order chi connectivity index (χ0) is 25.6. The van der Waals surface area contributed by atoms with Crippen LogP contribution in [0.1, 0.15) is 37.3 Å². The van der Waals surface area contributed by atoms with Gasteiger partial charge in [-0.05, 0) is 61.1 Å². The lowest BCUT2D eigenvalue weighted by atomic mass is 9.97. The maximum atomic E-state index is 15.6. The smallest absolute Gasteiger partial charge is 0.256 e. The van der Waals surface area contributed by atoms with Crippen LogP contribution < -0.4 is 0 Å². The maximum Gasteiger partial charge on any atom is 0.256 e. The standard InChI is InChI=1S/C29H28FN5O3/c30-24-10-20(19-4-6-25-21(9-19)11-31-35(25)22-15-38-16-22)3-5-23(24)26-32-29(7-8-29)28(37)34(26)14-17-12-33(13-17)27(36)18-1-2-18/h3-6,9-11,17-18,22H,1-2,7-8,12-16H2. The van der Waals surface area contributed by atoms with Crippen LogP contribution in [0.2, 0.25) is 0 Å². The normalized spacial score (nSPS) is 22.7. The molecule has 0 radical (unpaired) electrons. The highest BCUT2D eigenvalue weighted by Gasteiger charge is 2.58. The SMILES string of the molecule is O=C(C1CC1)N1CC(CN2C(=O)C3(CC3)N=C2c2ccc(-c3ccc4c(cnn4C4COC4)c3)cc2F)C1. The Hall–Kier alpha value is -3.59. The number of nitrogens with zero attached hydrogens (tertiary/aromatic N) is 5. The molecule has 2 saturated heterocycles. The number of carbonyl (C=O) groups excluding carboxylic acids is 2. The second kappa shape index (κ2) is 7.96. The third kappa shape index (κ3) is 3.44. The van der Waals surface area contributed by atoms with E-state index in [1.165, 1.54) is 6.07 Å². The van der Waals surface area contributed by atoms with Crippen molar-refractivity contribution in [1.82, 2.24) is 19.6 Å². The number of rotatable bonds is 6. The zero-order valence-corrected chi connectivity index (χ0v) is 21.0. The molecule has 4 fully saturated rings. The van der Waals surface area contributed by atoms with E-state index in [2.05, 4.69) is 5.10 Å². The van der Waals surface area contributed by atoms with Crippen LogP contribution in [0.15, 0.2) is 47.6 Å². The number of ether oxygens (including phenoxy) is 1. The van der Waals surface area contributed by atoms with Crippen LogP contribution in [0.4, 0.5) is 4.39 Å². The van der Waals surface area contributed by atoms with Gasteiger partial charge in [-0.1, -0.05) is 12.1 Å². The van der Waals surface area contributed by atoms with Crippen LogP contribution in [0, 0.1) is 17.7 Å². The Kier molecular flexibility index (Phi) is 4.69. The van der Waals surface area contributed by atoms with Gasteiger partial charge in [0.15, 0.2) is 0 Å². The highest BCUT2D eigenvalue weighted by atomic mass is 19.1. The molecule has 0 atom stereocenters. The number of hydrogen-bond donors (Lipinski definition) is 0. The summed E-state index contributed by atoms with van der Waals surface area (Å²) in [4.78, 5) is 33.9. The summed E-state index contributed by atoms with van der Waals surface area (Å²) in [5, 5.41) is 5.52. The van der Waals surface area contributed by atoms with Crippen LogP contribution in [0.3, 0.4) is 0 Å². The topological polar surface area (TPSA) is 80.0 Å². The molecule has 194 valence electrons. The third-order valence-corrected chi connectivity index (χ3v) is 8.68. The molecule has 9 heteroatoms. The molecular formula is C29H28FN5O3. The van der Waals surface area contributed by atoms with E-state index in [4.69, 9.17) is 9.73 Å². The number of hydrogen-bond acceptors (Lipinski definition) is 5. The minimum absolute atomic E-state index is 0.0257. The lowest BCUT2D eigenvalue weighted by Crippen LogP contribution is -2.55. The minimum Gasteiger partial charge on any atom is -0.377 e. The lowest BCUT2D eigenvalue weighted by molar-refractivity contribution is -0.139. The molecule has 3 aromatic rings. The molecular weight excluding hydrogens is 485 g/mol. The molecule has 2 amide bonds. The van der Waals surface area contributed by atoms with Gasteiger partial charge in [-0.15, -0.1) is 0 Å². The van der Waals surface area contributed by atoms with Crippen LogP contribution >= 0.6 is 0 Å². The van der Waals surface area contributed by atoms with Gasteiger partial charge < -0.3 is 9.64 Å². The zero-order valence-electron chi connectivity index (χ0n) is 21.0. The fourth-order valence-corrected chi connectivity index (χ4v) is 5.95. The molecule has 0 unspecified atom stereocenters. The van der Waals surface area contributed by atoms with Crippen molar-refractivity contribution >= 4 is 28.6 Å². The van der Waals surface area contributed by atoms with Gasteiger partial charge in [-0.2, -0.15) is 5.10 Å². The van der Waals surface area contributed by atoms with Gasteiger partial charge in [0, 0.05) is 36.9 Å². The summed E-state index contributed by atoms with van der Waals surface area (Å²) >= 11 is 0. The average Bonchev–Trinajstić information content (AvgIpc) is 3.78. The van der Waals surface area contributed by atoms with Gasteiger partial charge in [-0.3, -0.25) is 24.2 Å². The Balaban J connectivity index is 1.04. The van der Waals surface area contributed by atoms with E-state index in [-0.39, 0.29) is 29.7 Å². The molecule has 4 heterocycles. The molecule has 2 saturated carbocycles. The van der Waals surface area contributed by atoms with Gasteiger partial charge in [0.05, 0.1) is 36.5 Å². The number of carbonyl (C=O) groups is 2. The van der Waals surface area contributed by atoms with Crippen molar-refractivity contribution in [2.75, 3.05) is 32.8 Å². The van der Waals surface area contributed by atoms with Gasteiger partial charge in [-0.25, -0.2) is 4.39 Å². The van der Waals surface area contributed by atoms with Crippen LogP contribution in [-0.2, 0) is 14.3 Å². The predicted molar refractivity (Wildman–Crippen MR) is 138 cm³/mol. The van der Waals surface area contributed by atoms with Crippen molar-refractivity contribution < 1.29 is 18.7 Å². The number of benzene rings is 2. The van der Waals surface area contributed by atoms with E-state index in [0.717, 1.165) is 34.9 Å². The molecule has 2 aliphatic carbocycles. The van der Waals surface area contributed by atoms with E-state index < -0.39 is 11.4 Å². The summed E-state index contributed by atoms with van der Waals surface area (Å²) in [6.07, 6.45) is 5.25. The highest BCUT2D eigenvalue weighted by Crippen LogP contribution is 2.46. The first-order valence-electron chi connectivity index (χ1n) is 13.5. The number of amides is 2. The van der Waals surface area contributed by atoms with E-state index in [1.807, 2.05) is 40.0 Å². The Bertz CT molecular complexity index is 1530. The molecule has 5 aliphatic rings. The van der Waals surface area contributed by atoms with Gasteiger partial charge in [0.2, 0.25) is 5.91 Å². The summed E-state index contributed by atoms with van der Waals surface area (Å²) < 4.78 is 22.9. The van der Waals surface area contributed by atoms with Gasteiger partial charge in [0.1, 0.15) is 17.2 Å². The summed E-state index contributed by atoms with van der Waals surface area (Å²) in [5.41, 5.74) is 2.36. The maximum absolute atomic E-state index is 15.6. The van der Waals surface area contributed by atoms with Gasteiger partial charge >= 0.3 is 0 Å². The molecule has 38 heavy (non-hydrogen) atoms. The number of aromatic nitrogens is 2. The fourth-order valence-electron chi connectivity index (χ4n) is 5.95. The number of likely N-dealkylation sites (tertiary alicyclic amines) is 1. The van der Waals surface area contributed by atoms with Crippen LogP contribution in [0.25, 0.3) is 22.0 Å². The number of fused-ring (bicyclic) bond motifs is 1. The van der Waals surface area contributed by atoms with E-state index in [1.54, 1.807) is 11.0 Å². The fraction of sp³-hybridized carbons (Fsp3) is 0.448. The molecule has 0 N–H and O–H groups in total. The Morgan fingerprint density at radius 1 is 1.08 bits per heavy atom. The summed E-state index contributed by atoms with van der Waals surface area (Å²) in [6, 6.07) is 11.5. The van der Waals surface area contributed by atoms with Crippen molar-refractivity contribution in [1.29, 1.82) is 0 Å². The van der Waals surface area contributed by atoms with E-state index in [9.17, 15) is 9.59 Å². The van der Waals surface area contributed by atoms with Crippen molar-refractivity contribution in [3.8, 4) is 11.1 Å². The van der Waals surface area contributed by atoms with Crippen molar-refractivity contribution in [2.45, 2.75) is 37.3 Å². The number of amidine groups is 1. The van der Waals surface area contributed by atoms with Crippen molar-refractivity contribution in [3.63, 3.8) is 0 Å². The van der Waals surface area contributed by atoms with Crippen molar-refractivity contribution in [3.05, 3.63) is 54.0 Å². The van der Waals surface area contributed by atoms with E-state index >= 15 is 4.39 Å². The number of halogens is 1. The minimum atomic E-state index is -0.704. The molecule has 8 rings (SSSR count). The molecule has 1 spiro atoms. The van der Waals surface area contributed by atoms with Crippen LogP contribution in [0.5, 0.6) is 0 Å². The lowest BCUT2D eigenvalue weighted by Gasteiger charge is -2.41. The van der Waals surface area contributed by atoms with Crippen LogP contribution in [-0.4, -0.2) is 75.6 Å². The Labute approximate surface area is 219 Å². The van der Waals surface area contributed by atoms with Gasteiger partial charge in [0.25, 0.3) is 5.91 Å². The first-order chi connectivity index (χ1) is 18.5. The summed E-state index contributed by atoms with van der Waals surface area (Å²) in [5.74, 6) is 0.662. The second-order valence-corrected chi connectivity index (χ2v) is 11.5. The Morgan fingerprint density at radius 3 is 2.53 bits per heavy atom. The third-order valence-electron chi connectivity index (χ3n) is 8.68.